The van der Waals surface area contributed by atoms with E-state index in [0.717, 1.165) is 19.3 Å². The fourth-order valence-corrected chi connectivity index (χ4v) is 2.73. The minimum Gasteiger partial charge on any atom is -0.874 e. The van der Waals surface area contributed by atoms with Gasteiger partial charge in [-0.25, -0.2) is 12.1 Å². The number of hydrogen-bond acceptors (Lipinski definition) is 2. The minimum absolute atomic E-state index is 0. The van der Waals surface area contributed by atoms with Gasteiger partial charge < -0.3 is 10.2 Å². The second-order valence-electron chi connectivity index (χ2n) is 6.30. The van der Waals surface area contributed by atoms with Crippen LogP contribution < -0.4 is 5.11 Å². The summed E-state index contributed by atoms with van der Waals surface area (Å²) in [6, 6.07) is 10.0. The monoisotopic (exact) mass is 398 g/mol. The molecule has 0 aromatic heterocycles. The van der Waals surface area contributed by atoms with Gasteiger partial charge in [-0.15, -0.1) is 5.76 Å². The molecule has 4 heteroatoms. The Bertz CT molecular complexity index is 525. The molecule has 1 aliphatic rings. The Hall–Kier alpha value is -1.64. The Labute approximate surface area is 168 Å². The molecule has 1 atom stereocenters. The zero-order valence-electron chi connectivity index (χ0n) is 15.5. The first-order valence-corrected chi connectivity index (χ1v) is 9.32. The molecule has 1 N–H and O–H groups in total. The molecule has 0 fully saturated rings. The van der Waals surface area contributed by atoms with E-state index in [1.165, 1.54) is 25.7 Å². The van der Waals surface area contributed by atoms with Gasteiger partial charge in [0.15, 0.2) is 0 Å². The SMILES string of the molecule is CCCCCCCCCC(C(=O)O)C([O-])=C1C=CC=C1.[Fe+2].c1cc[cH-]c1. The van der Waals surface area contributed by atoms with Gasteiger partial charge in [-0.05, 0) is 12.0 Å². The maximum absolute atomic E-state index is 12.1. The average Bonchev–Trinajstić information content (AvgIpc) is 3.32. The zero-order chi connectivity index (χ0) is 18.3. The molecule has 0 spiro atoms. The maximum Gasteiger partial charge on any atom is 2.00 e. The van der Waals surface area contributed by atoms with Crippen LogP contribution in [0, 0.1) is 5.92 Å². The molecule has 0 heterocycles. The number of hydrogen-bond donors (Lipinski definition) is 1. The molecule has 0 bridgehead atoms. The molecule has 3 nitrogen and oxygen atoms in total. The first-order valence-electron chi connectivity index (χ1n) is 9.32. The van der Waals surface area contributed by atoms with Crippen LogP contribution in [-0.4, -0.2) is 11.1 Å². The predicted octanol–water partition coefficient (Wildman–Crippen LogP) is 4.97. The van der Waals surface area contributed by atoms with Crippen molar-refractivity contribution < 1.29 is 32.1 Å². The van der Waals surface area contributed by atoms with E-state index in [2.05, 4.69) is 6.92 Å². The predicted molar refractivity (Wildman–Crippen MR) is 101 cm³/mol. The number of rotatable bonds is 10. The molecule has 144 valence electrons. The maximum atomic E-state index is 12.1. The van der Waals surface area contributed by atoms with Crippen LogP contribution in [0.4, 0.5) is 0 Å². The first kappa shape index (κ1) is 24.4. The third kappa shape index (κ3) is 10.4. The molecule has 2 rings (SSSR count). The van der Waals surface area contributed by atoms with Crippen molar-refractivity contribution in [2.24, 2.45) is 5.92 Å². The van der Waals surface area contributed by atoms with E-state index in [-0.39, 0.29) is 22.8 Å². The van der Waals surface area contributed by atoms with Gasteiger partial charge in [0.05, 0.1) is 5.92 Å². The van der Waals surface area contributed by atoms with Crippen LogP contribution >= 0.6 is 0 Å². The minimum atomic E-state index is -0.998. The van der Waals surface area contributed by atoms with Crippen LogP contribution in [0.15, 0.2) is 66.0 Å². The Morgan fingerprint density at radius 3 is 2.04 bits per heavy atom. The molecular weight excluding hydrogens is 368 g/mol. The Morgan fingerprint density at radius 1 is 1.04 bits per heavy atom. The van der Waals surface area contributed by atoms with Gasteiger partial charge in [0.1, 0.15) is 0 Å². The van der Waals surface area contributed by atoms with Gasteiger partial charge in [-0.2, -0.15) is 18.2 Å². The standard InChI is InChI=1S/C17H26O3.C5H5.Fe/c1-2-3-4-5-6-7-8-13-15(17(19)20)16(18)14-11-9-10-12-14;1-2-4-5-3-1;/h9-12,15,18H,2-8,13H2,1H3,(H,19,20);1-5H;/q;-1;+2/p-1. The third-order valence-corrected chi connectivity index (χ3v) is 4.21. The van der Waals surface area contributed by atoms with E-state index in [0.29, 0.717) is 12.0 Å². The van der Waals surface area contributed by atoms with Crippen molar-refractivity contribution in [3.63, 3.8) is 0 Å². The normalized spacial score (nSPS) is 12.9. The van der Waals surface area contributed by atoms with Crippen molar-refractivity contribution in [2.75, 3.05) is 0 Å². The molecule has 0 aliphatic heterocycles. The van der Waals surface area contributed by atoms with Crippen LogP contribution in [0.5, 0.6) is 0 Å². The van der Waals surface area contributed by atoms with Crippen LogP contribution in [0.25, 0.3) is 0 Å². The van der Waals surface area contributed by atoms with Crippen LogP contribution in [-0.2, 0) is 21.9 Å². The zero-order valence-corrected chi connectivity index (χ0v) is 16.7. The van der Waals surface area contributed by atoms with E-state index < -0.39 is 11.9 Å². The summed E-state index contributed by atoms with van der Waals surface area (Å²) in [5, 5.41) is 21.3. The Balaban J connectivity index is 0.000000893. The molecule has 0 saturated carbocycles. The summed E-state index contributed by atoms with van der Waals surface area (Å²) in [6.07, 6.45) is 15.3. The number of carboxylic acid groups (broad SMARTS) is 1. The molecule has 1 unspecified atom stereocenters. The second-order valence-corrected chi connectivity index (χ2v) is 6.30. The second kappa shape index (κ2) is 15.6. The Morgan fingerprint density at radius 2 is 1.58 bits per heavy atom. The number of aliphatic carboxylic acids is 1. The number of carbonyl (C=O) groups is 1. The van der Waals surface area contributed by atoms with Crippen LogP contribution in [0.2, 0.25) is 0 Å². The van der Waals surface area contributed by atoms with Crippen molar-refractivity contribution in [1.82, 2.24) is 0 Å². The summed E-state index contributed by atoms with van der Waals surface area (Å²) in [5.41, 5.74) is 0.514. The molecule has 0 saturated heterocycles. The fraction of sp³-hybridized carbons (Fsp3) is 0.455. The van der Waals surface area contributed by atoms with Crippen molar-refractivity contribution in [2.45, 2.75) is 58.3 Å². The van der Waals surface area contributed by atoms with Crippen molar-refractivity contribution in [3.8, 4) is 0 Å². The largest absolute Gasteiger partial charge is 2.00 e. The van der Waals surface area contributed by atoms with Crippen molar-refractivity contribution in [3.05, 3.63) is 66.0 Å². The van der Waals surface area contributed by atoms with Crippen LogP contribution in [0.3, 0.4) is 0 Å². The van der Waals surface area contributed by atoms with Gasteiger partial charge in [0.2, 0.25) is 0 Å². The summed E-state index contributed by atoms with van der Waals surface area (Å²) in [4.78, 5) is 11.2. The number of carboxylic acids is 1. The van der Waals surface area contributed by atoms with Crippen molar-refractivity contribution >= 4 is 5.97 Å². The van der Waals surface area contributed by atoms with Crippen LogP contribution in [0.1, 0.15) is 58.3 Å². The van der Waals surface area contributed by atoms with E-state index in [4.69, 9.17) is 0 Å². The van der Waals surface area contributed by atoms with Gasteiger partial charge in [0.25, 0.3) is 0 Å². The van der Waals surface area contributed by atoms with Crippen molar-refractivity contribution in [1.29, 1.82) is 0 Å². The molecule has 0 amide bonds. The van der Waals surface area contributed by atoms with E-state index in [1.54, 1.807) is 24.3 Å². The summed E-state index contributed by atoms with van der Waals surface area (Å²) in [7, 11) is 0. The summed E-state index contributed by atoms with van der Waals surface area (Å²) in [5.74, 6) is -2.14. The summed E-state index contributed by atoms with van der Waals surface area (Å²) in [6.45, 7) is 2.19. The van der Waals surface area contributed by atoms with Gasteiger partial charge in [0, 0.05) is 0 Å². The Kier molecular flexibility index (Phi) is 14.6. The van der Waals surface area contributed by atoms with Gasteiger partial charge in [-0.1, -0.05) is 76.2 Å². The number of allylic oxidation sites excluding steroid dienone is 5. The summed E-state index contributed by atoms with van der Waals surface area (Å²) < 4.78 is 0. The van der Waals surface area contributed by atoms with E-state index >= 15 is 0 Å². The van der Waals surface area contributed by atoms with E-state index in [1.807, 2.05) is 30.3 Å². The molecule has 1 aromatic carbocycles. The third-order valence-electron chi connectivity index (χ3n) is 4.21. The van der Waals surface area contributed by atoms with Gasteiger partial charge in [-0.3, -0.25) is 4.79 Å². The quantitative estimate of drug-likeness (QED) is 0.262. The molecule has 0 radical (unpaired) electrons. The smallest absolute Gasteiger partial charge is 0.874 e. The topological polar surface area (TPSA) is 60.4 Å². The fourth-order valence-electron chi connectivity index (χ4n) is 2.73. The molecule has 26 heavy (non-hydrogen) atoms. The average molecular weight is 398 g/mol. The summed E-state index contributed by atoms with van der Waals surface area (Å²) >= 11 is 0. The van der Waals surface area contributed by atoms with E-state index in [9.17, 15) is 15.0 Å². The number of unbranched alkanes of at least 4 members (excludes halogenated alkanes) is 6. The molecular formula is C22H30FeO3. The first-order chi connectivity index (χ1) is 12.2. The molecule has 1 aromatic rings. The van der Waals surface area contributed by atoms with Gasteiger partial charge >= 0.3 is 23.0 Å². The molecule has 1 aliphatic carbocycles.